The highest BCUT2D eigenvalue weighted by Crippen LogP contribution is 2.23. The number of carboxylic acids is 1. The third-order valence-electron chi connectivity index (χ3n) is 2.82. The lowest BCUT2D eigenvalue weighted by Gasteiger charge is -2.15. The molecule has 0 amide bonds. The van der Waals surface area contributed by atoms with Crippen LogP contribution >= 0.6 is 0 Å². The molecular formula is C14H15NO3. The van der Waals surface area contributed by atoms with Gasteiger partial charge in [-0.15, -0.1) is 0 Å². The molecule has 1 aromatic carbocycles. The predicted molar refractivity (Wildman–Crippen MR) is 68.9 cm³/mol. The van der Waals surface area contributed by atoms with Crippen molar-refractivity contribution in [2.75, 3.05) is 5.32 Å². The third-order valence-corrected chi connectivity index (χ3v) is 2.82. The summed E-state index contributed by atoms with van der Waals surface area (Å²) in [6.07, 6.45) is 1.63. The number of carboxylic acid groups (broad SMARTS) is 1. The van der Waals surface area contributed by atoms with Gasteiger partial charge in [0.05, 0.1) is 17.9 Å². The van der Waals surface area contributed by atoms with Crippen molar-refractivity contribution in [1.82, 2.24) is 0 Å². The number of furan rings is 1. The summed E-state index contributed by atoms with van der Waals surface area (Å²) in [5.74, 6) is -0.0690. The summed E-state index contributed by atoms with van der Waals surface area (Å²) in [6.45, 7) is 3.87. The van der Waals surface area contributed by atoms with E-state index in [0.29, 0.717) is 5.56 Å². The van der Waals surface area contributed by atoms with Crippen molar-refractivity contribution in [3.8, 4) is 0 Å². The molecule has 0 spiro atoms. The molecule has 4 nitrogen and oxygen atoms in total. The maximum Gasteiger partial charge on any atom is 0.335 e. The molecule has 0 aliphatic carbocycles. The van der Waals surface area contributed by atoms with Gasteiger partial charge >= 0.3 is 5.97 Å². The quantitative estimate of drug-likeness (QED) is 0.865. The van der Waals surface area contributed by atoms with Gasteiger partial charge in [0.2, 0.25) is 0 Å². The first-order chi connectivity index (χ1) is 8.58. The van der Waals surface area contributed by atoms with Crippen molar-refractivity contribution in [2.24, 2.45) is 0 Å². The molecule has 94 valence electrons. The minimum atomic E-state index is -0.913. The number of benzene rings is 1. The summed E-state index contributed by atoms with van der Waals surface area (Å²) in [5.41, 5.74) is 2.10. The molecule has 0 aliphatic heterocycles. The van der Waals surface area contributed by atoms with Crippen LogP contribution in [-0.4, -0.2) is 11.1 Å². The molecule has 1 unspecified atom stereocenters. The SMILES string of the molecule is Cc1cc(C(=O)O)ccc1NC(C)c1ccco1. The van der Waals surface area contributed by atoms with E-state index >= 15 is 0 Å². The topological polar surface area (TPSA) is 62.5 Å². The van der Waals surface area contributed by atoms with Crippen LogP contribution in [0, 0.1) is 6.92 Å². The molecule has 0 aliphatic rings. The van der Waals surface area contributed by atoms with Crippen LogP contribution in [0.15, 0.2) is 41.0 Å². The lowest BCUT2D eigenvalue weighted by molar-refractivity contribution is 0.0697. The van der Waals surface area contributed by atoms with Crippen LogP contribution in [0.2, 0.25) is 0 Å². The second-order valence-electron chi connectivity index (χ2n) is 4.22. The molecule has 1 atom stereocenters. The molecular weight excluding hydrogens is 230 g/mol. The average molecular weight is 245 g/mol. The Labute approximate surface area is 105 Å². The molecule has 0 fully saturated rings. The van der Waals surface area contributed by atoms with Gasteiger partial charge in [-0.25, -0.2) is 4.79 Å². The Kier molecular flexibility index (Phi) is 3.37. The van der Waals surface area contributed by atoms with Crippen LogP contribution in [0.3, 0.4) is 0 Å². The zero-order valence-electron chi connectivity index (χ0n) is 10.3. The fourth-order valence-electron chi connectivity index (χ4n) is 1.80. The van der Waals surface area contributed by atoms with E-state index in [1.165, 1.54) is 0 Å². The number of hydrogen-bond acceptors (Lipinski definition) is 3. The highest BCUT2D eigenvalue weighted by molar-refractivity contribution is 5.88. The van der Waals surface area contributed by atoms with E-state index in [1.807, 2.05) is 26.0 Å². The highest BCUT2D eigenvalue weighted by Gasteiger charge is 2.10. The van der Waals surface area contributed by atoms with Gasteiger partial charge in [0.1, 0.15) is 5.76 Å². The Morgan fingerprint density at radius 1 is 1.39 bits per heavy atom. The smallest absolute Gasteiger partial charge is 0.335 e. The molecule has 2 aromatic rings. The number of aryl methyl sites for hydroxylation is 1. The molecule has 1 heterocycles. The van der Waals surface area contributed by atoms with Crippen LogP contribution in [0.25, 0.3) is 0 Å². The summed E-state index contributed by atoms with van der Waals surface area (Å²) in [4.78, 5) is 10.8. The number of rotatable bonds is 4. The van der Waals surface area contributed by atoms with Crippen molar-refractivity contribution in [1.29, 1.82) is 0 Å². The van der Waals surface area contributed by atoms with Gasteiger partial charge in [0.15, 0.2) is 0 Å². The van der Waals surface area contributed by atoms with Gasteiger partial charge in [0.25, 0.3) is 0 Å². The molecule has 18 heavy (non-hydrogen) atoms. The minimum Gasteiger partial charge on any atom is -0.478 e. The number of anilines is 1. The Morgan fingerprint density at radius 3 is 2.72 bits per heavy atom. The van der Waals surface area contributed by atoms with Gasteiger partial charge < -0.3 is 14.8 Å². The molecule has 1 aromatic heterocycles. The monoisotopic (exact) mass is 245 g/mol. The summed E-state index contributed by atoms with van der Waals surface area (Å²) < 4.78 is 5.31. The zero-order valence-corrected chi connectivity index (χ0v) is 10.3. The van der Waals surface area contributed by atoms with E-state index in [-0.39, 0.29) is 6.04 Å². The Hall–Kier alpha value is -2.23. The van der Waals surface area contributed by atoms with Gasteiger partial charge in [-0.1, -0.05) is 0 Å². The second kappa shape index (κ2) is 4.96. The molecule has 0 saturated carbocycles. The largest absolute Gasteiger partial charge is 0.478 e. The summed E-state index contributed by atoms with van der Waals surface area (Å²) >= 11 is 0. The van der Waals surface area contributed by atoms with Crippen LogP contribution in [0.5, 0.6) is 0 Å². The first kappa shape index (κ1) is 12.2. The van der Waals surface area contributed by atoms with E-state index in [2.05, 4.69) is 5.32 Å². The van der Waals surface area contributed by atoms with Crippen molar-refractivity contribution in [2.45, 2.75) is 19.9 Å². The van der Waals surface area contributed by atoms with Gasteiger partial charge in [-0.2, -0.15) is 0 Å². The Morgan fingerprint density at radius 2 is 2.17 bits per heavy atom. The zero-order chi connectivity index (χ0) is 13.1. The highest BCUT2D eigenvalue weighted by atomic mass is 16.4. The van der Waals surface area contributed by atoms with Crippen LogP contribution < -0.4 is 5.32 Å². The number of carbonyl (C=O) groups is 1. The van der Waals surface area contributed by atoms with Crippen molar-refractivity contribution >= 4 is 11.7 Å². The number of aromatic carboxylic acids is 1. The summed E-state index contributed by atoms with van der Waals surface area (Å²) in [5, 5.41) is 12.2. The lowest BCUT2D eigenvalue weighted by atomic mass is 10.1. The fraction of sp³-hybridized carbons (Fsp3) is 0.214. The summed E-state index contributed by atoms with van der Waals surface area (Å²) in [7, 11) is 0. The third kappa shape index (κ3) is 2.53. The Balaban J connectivity index is 2.17. The molecule has 0 bridgehead atoms. The van der Waals surface area contributed by atoms with Crippen molar-refractivity contribution in [3.05, 3.63) is 53.5 Å². The average Bonchev–Trinajstić information content (AvgIpc) is 2.85. The van der Waals surface area contributed by atoms with E-state index < -0.39 is 5.97 Å². The van der Waals surface area contributed by atoms with E-state index in [1.54, 1.807) is 24.5 Å². The second-order valence-corrected chi connectivity index (χ2v) is 4.22. The molecule has 0 radical (unpaired) electrons. The number of hydrogen-bond donors (Lipinski definition) is 2. The van der Waals surface area contributed by atoms with Crippen LogP contribution in [-0.2, 0) is 0 Å². The Bertz CT molecular complexity index is 546. The van der Waals surface area contributed by atoms with Gasteiger partial charge in [0, 0.05) is 5.69 Å². The van der Waals surface area contributed by atoms with Crippen molar-refractivity contribution in [3.63, 3.8) is 0 Å². The van der Waals surface area contributed by atoms with Crippen LogP contribution in [0.1, 0.15) is 34.6 Å². The minimum absolute atomic E-state index is 0.0365. The van der Waals surface area contributed by atoms with Gasteiger partial charge in [-0.05, 0) is 49.7 Å². The van der Waals surface area contributed by atoms with E-state index in [4.69, 9.17) is 9.52 Å². The predicted octanol–water partition coefficient (Wildman–Crippen LogP) is 3.46. The molecule has 2 rings (SSSR count). The fourth-order valence-corrected chi connectivity index (χ4v) is 1.80. The molecule has 0 saturated heterocycles. The number of nitrogens with one attached hydrogen (secondary N) is 1. The van der Waals surface area contributed by atoms with Crippen molar-refractivity contribution < 1.29 is 14.3 Å². The van der Waals surface area contributed by atoms with E-state index in [0.717, 1.165) is 17.0 Å². The maximum atomic E-state index is 10.8. The standard InChI is InChI=1S/C14H15NO3/c1-9-8-11(14(16)17)5-6-12(9)15-10(2)13-4-3-7-18-13/h3-8,10,15H,1-2H3,(H,16,17). The molecule has 4 heteroatoms. The van der Waals surface area contributed by atoms with Gasteiger partial charge in [-0.3, -0.25) is 0 Å². The first-order valence-corrected chi connectivity index (χ1v) is 5.72. The lowest BCUT2D eigenvalue weighted by Crippen LogP contribution is -2.07. The summed E-state index contributed by atoms with van der Waals surface area (Å²) in [6, 6.07) is 8.80. The van der Waals surface area contributed by atoms with Crippen LogP contribution in [0.4, 0.5) is 5.69 Å². The maximum absolute atomic E-state index is 10.8. The first-order valence-electron chi connectivity index (χ1n) is 5.72. The normalized spacial score (nSPS) is 12.1. The van der Waals surface area contributed by atoms with E-state index in [9.17, 15) is 4.79 Å². The molecule has 2 N–H and O–H groups in total.